The minimum Gasteiger partial charge on any atom is -0.310 e. The lowest BCUT2D eigenvalue weighted by Crippen LogP contribution is -2.48. The zero-order chi connectivity index (χ0) is 41.9. The molecule has 0 saturated heterocycles. The van der Waals surface area contributed by atoms with Gasteiger partial charge in [-0.25, -0.2) is 0 Å². The lowest BCUT2D eigenvalue weighted by Gasteiger charge is -2.57. The fourth-order valence-electron chi connectivity index (χ4n) is 14.4. The molecule has 0 atom stereocenters. The van der Waals surface area contributed by atoms with E-state index < -0.39 is 0 Å². The minimum atomic E-state index is -0.248. The van der Waals surface area contributed by atoms with Gasteiger partial charge in [-0.3, -0.25) is 0 Å². The number of aromatic nitrogens is 1. The maximum atomic E-state index is 2.55. The first-order valence-corrected chi connectivity index (χ1v) is 24.3. The van der Waals surface area contributed by atoms with E-state index in [0.717, 1.165) is 17.8 Å². The molecule has 0 unspecified atom stereocenters. The Balaban J connectivity index is 0.944. The van der Waals surface area contributed by atoms with E-state index in [9.17, 15) is 0 Å². The number of anilines is 3. The van der Waals surface area contributed by atoms with Crippen LogP contribution < -0.4 is 4.90 Å². The van der Waals surface area contributed by atoms with Gasteiger partial charge in [0.15, 0.2) is 0 Å². The van der Waals surface area contributed by atoms with Crippen molar-refractivity contribution in [2.24, 2.45) is 17.8 Å². The van der Waals surface area contributed by atoms with Crippen LogP contribution in [0.2, 0.25) is 0 Å². The number of hydrogen-bond acceptors (Lipinski definition) is 1. The van der Waals surface area contributed by atoms with Crippen LogP contribution in [0.25, 0.3) is 49.7 Å². The summed E-state index contributed by atoms with van der Waals surface area (Å²) in [6, 6.07) is 60.7. The standard InChI is InChI=1S/C61H58N2/c1-60(2)56-36-51(27-28-52(56)53-29-30-54-55-35-46(44-14-8-4-9-15-44)20-31-57(55)63(59(54)58(53)60)48-16-10-5-11-17-48)62(49-23-18-45(19-24-49)43-12-6-3-7-13-43)50-25-21-47(22-26-50)61-37-40-32-41(38-61)34-42(33-40)39-61/h4-5,8-11,14-31,35-36,40-43H,3,6-7,12-13,32-34,37-39H2,1-2H3. The Labute approximate surface area is 373 Å². The van der Waals surface area contributed by atoms with Crippen LogP contribution >= 0.6 is 0 Å². The number of benzene rings is 7. The summed E-state index contributed by atoms with van der Waals surface area (Å²) in [6.45, 7) is 4.93. The molecule has 6 aliphatic carbocycles. The highest BCUT2D eigenvalue weighted by molar-refractivity contribution is 6.14. The summed E-state index contributed by atoms with van der Waals surface area (Å²) in [5.74, 6) is 3.51. The Bertz CT molecular complexity index is 2980. The van der Waals surface area contributed by atoms with Crippen LogP contribution in [0.3, 0.4) is 0 Å². The Hall–Kier alpha value is -5.86. The van der Waals surface area contributed by atoms with E-state index >= 15 is 0 Å². The second kappa shape index (κ2) is 14.3. The SMILES string of the molecule is CC1(C)c2cc(N(c3ccc(C4CCCCC4)cc3)c3ccc(C45CC6CC(CC(C6)C4)C5)cc3)ccc2-c2ccc3c4cc(-c5ccccc5)ccc4n(-c4ccccc4)c3c21. The molecule has 6 aliphatic rings. The minimum absolute atomic E-state index is 0.248. The van der Waals surface area contributed by atoms with Gasteiger partial charge in [0.1, 0.15) is 0 Å². The molecule has 8 aromatic rings. The molecular formula is C61H58N2. The number of fused-ring (bicyclic) bond motifs is 7. The maximum absolute atomic E-state index is 2.55. The van der Waals surface area contributed by atoms with E-state index in [1.54, 1.807) is 5.56 Å². The lowest BCUT2D eigenvalue weighted by molar-refractivity contribution is -0.00518. The lowest BCUT2D eigenvalue weighted by atomic mass is 9.48. The Morgan fingerprint density at radius 3 is 1.83 bits per heavy atom. The van der Waals surface area contributed by atoms with E-state index in [1.165, 1.54) is 154 Å². The Morgan fingerprint density at radius 1 is 0.524 bits per heavy atom. The van der Waals surface area contributed by atoms with Gasteiger partial charge in [0.25, 0.3) is 0 Å². The molecule has 0 spiro atoms. The zero-order valence-electron chi connectivity index (χ0n) is 37.0. The second-order valence-corrected chi connectivity index (χ2v) is 21.0. The highest BCUT2D eigenvalue weighted by Crippen LogP contribution is 2.61. The van der Waals surface area contributed by atoms with Gasteiger partial charge in [0.05, 0.1) is 11.0 Å². The van der Waals surface area contributed by atoms with Crippen molar-refractivity contribution in [3.63, 3.8) is 0 Å². The van der Waals surface area contributed by atoms with Crippen molar-refractivity contribution in [2.45, 2.75) is 101 Å². The van der Waals surface area contributed by atoms with Crippen LogP contribution in [-0.2, 0) is 10.8 Å². The monoisotopic (exact) mass is 818 g/mol. The molecule has 63 heavy (non-hydrogen) atoms. The molecule has 7 aromatic carbocycles. The highest BCUT2D eigenvalue weighted by atomic mass is 15.1. The van der Waals surface area contributed by atoms with Gasteiger partial charge in [0, 0.05) is 38.9 Å². The first-order chi connectivity index (χ1) is 30.9. The Morgan fingerprint density at radius 2 is 1.14 bits per heavy atom. The fraction of sp³-hybridized carbons (Fsp3) is 0.311. The van der Waals surface area contributed by atoms with Crippen molar-refractivity contribution in [1.82, 2.24) is 4.57 Å². The number of rotatable bonds is 7. The molecule has 2 nitrogen and oxygen atoms in total. The fourth-order valence-corrected chi connectivity index (χ4v) is 14.4. The number of hydrogen-bond donors (Lipinski definition) is 0. The molecule has 312 valence electrons. The molecule has 0 amide bonds. The molecule has 5 saturated carbocycles. The van der Waals surface area contributed by atoms with E-state index in [-0.39, 0.29) is 5.41 Å². The quantitative estimate of drug-likeness (QED) is 0.156. The third-order valence-corrected chi connectivity index (χ3v) is 16.9. The third-order valence-electron chi connectivity index (χ3n) is 16.9. The summed E-state index contributed by atoms with van der Waals surface area (Å²) in [6.07, 6.45) is 15.4. The smallest absolute Gasteiger partial charge is 0.0588 e. The predicted octanol–water partition coefficient (Wildman–Crippen LogP) is 16.7. The molecule has 14 rings (SSSR count). The van der Waals surface area contributed by atoms with Crippen molar-refractivity contribution >= 4 is 38.9 Å². The van der Waals surface area contributed by atoms with Crippen molar-refractivity contribution in [3.8, 4) is 27.9 Å². The molecule has 0 radical (unpaired) electrons. The summed E-state index contributed by atoms with van der Waals surface area (Å²) < 4.78 is 2.54. The summed E-state index contributed by atoms with van der Waals surface area (Å²) in [5, 5.41) is 2.61. The third kappa shape index (κ3) is 5.96. The van der Waals surface area contributed by atoms with Crippen molar-refractivity contribution in [2.75, 3.05) is 4.90 Å². The predicted molar refractivity (Wildman–Crippen MR) is 264 cm³/mol. The zero-order valence-corrected chi connectivity index (χ0v) is 37.0. The summed E-state index contributed by atoms with van der Waals surface area (Å²) in [4.78, 5) is 2.55. The van der Waals surface area contributed by atoms with E-state index in [2.05, 4.69) is 181 Å². The molecular weight excluding hydrogens is 761 g/mol. The van der Waals surface area contributed by atoms with Crippen LogP contribution in [0.5, 0.6) is 0 Å². The molecule has 0 aliphatic heterocycles. The van der Waals surface area contributed by atoms with Gasteiger partial charge in [-0.1, -0.05) is 130 Å². The normalized spacial score (nSPS) is 23.3. The molecule has 0 N–H and O–H groups in total. The molecule has 1 aromatic heterocycles. The molecule has 5 fully saturated rings. The van der Waals surface area contributed by atoms with Gasteiger partial charge in [-0.2, -0.15) is 0 Å². The van der Waals surface area contributed by atoms with Gasteiger partial charge in [-0.15, -0.1) is 0 Å². The van der Waals surface area contributed by atoms with Gasteiger partial charge < -0.3 is 9.47 Å². The van der Waals surface area contributed by atoms with E-state index in [0.29, 0.717) is 11.3 Å². The van der Waals surface area contributed by atoms with E-state index in [1.807, 2.05) is 0 Å². The van der Waals surface area contributed by atoms with E-state index in [4.69, 9.17) is 0 Å². The second-order valence-electron chi connectivity index (χ2n) is 21.0. The average molecular weight is 819 g/mol. The average Bonchev–Trinajstić information content (AvgIpc) is 3.77. The van der Waals surface area contributed by atoms with Crippen LogP contribution in [-0.4, -0.2) is 4.57 Å². The largest absolute Gasteiger partial charge is 0.310 e. The topological polar surface area (TPSA) is 8.17 Å². The van der Waals surface area contributed by atoms with Crippen molar-refractivity contribution in [3.05, 3.63) is 180 Å². The van der Waals surface area contributed by atoms with Crippen LogP contribution in [0.4, 0.5) is 17.1 Å². The maximum Gasteiger partial charge on any atom is 0.0588 e. The van der Waals surface area contributed by atoms with Crippen LogP contribution in [0, 0.1) is 17.8 Å². The summed E-state index contributed by atoms with van der Waals surface area (Å²) in [5.41, 5.74) is 18.7. The Kier molecular flexibility index (Phi) is 8.57. The summed E-state index contributed by atoms with van der Waals surface area (Å²) in [7, 11) is 0. The van der Waals surface area contributed by atoms with Gasteiger partial charge in [0.2, 0.25) is 0 Å². The van der Waals surface area contributed by atoms with Crippen LogP contribution in [0.1, 0.15) is 113 Å². The van der Waals surface area contributed by atoms with Crippen molar-refractivity contribution in [1.29, 1.82) is 0 Å². The summed E-state index contributed by atoms with van der Waals surface area (Å²) >= 11 is 0. The number of para-hydroxylation sites is 1. The molecule has 1 heterocycles. The first kappa shape index (κ1) is 37.7. The highest BCUT2D eigenvalue weighted by Gasteiger charge is 2.51. The van der Waals surface area contributed by atoms with Crippen LogP contribution in [0.15, 0.2) is 158 Å². The van der Waals surface area contributed by atoms with Gasteiger partial charge in [-0.05, 0) is 186 Å². The number of nitrogens with zero attached hydrogens (tertiary/aromatic N) is 2. The van der Waals surface area contributed by atoms with Gasteiger partial charge >= 0.3 is 0 Å². The first-order valence-electron chi connectivity index (χ1n) is 24.3. The van der Waals surface area contributed by atoms with Crippen molar-refractivity contribution < 1.29 is 0 Å². The molecule has 4 bridgehead atoms. The molecule has 2 heteroatoms.